The standard InChI is InChI=1S/C14H22FNO/c1-9-7-13(8-10(2)14(9)15)12(4)16-11(3)5-6-17/h7-8,11-12,16-17H,5-6H2,1-4H3. The van der Waals surface area contributed by atoms with Crippen LogP contribution in [-0.4, -0.2) is 17.8 Å². The predicted molar refractivity (Wildman–Crippen MR) is 68.6 cm³/mol. The van der Waals surface area contributed by atoms with Gasteiger partial charge in [-0.2, -0.15) is 0 Å². The fraction of sp³-hybridized carbons (Fsp3) is 0.571. The fourth-order valence-electron chi connectivity index (χ4n) is 2.03. The summed E-state index contributed by atoms with van der Waals surface area (Å²) in [7, 11) is 0. The molecule has 0 amide bonds. The second-order valence-electron chi connectivity index (χ2n) is 4.77. The number of hydrogen-bond acceptors (Lipinski definition) is 2. The molecule has 0 bridgehead atoms. The maximum atomic E-state index is 13.5. The third-order valence-electron chi connectivity index (χ3n) is 3.06. The van der Waals surface area contributed by atoms with Crippen LogP contribution in [0.1, 0.15) is 43.0 Å². The van der Waals surface area contributed by atoms with E-state index in [4.69, 9.17) is 5.11 Å². The van der Waals surface area contributed by atoms with Gasteiger partial charge in [0.1, 0.15) is 5.82 Å². The monoisotopic (exact) mass is 239 g/mol. The molecule has 2 atom stereocenters. The highest BCUT2D eigenvalue weighted by Gasteiger charge is 2.12. The van der Waals surface area contributed by atoms with E-state index in [9.17, 15) is 4.39 Å². The molecule has 2 nitrogen and oxygen atoms in total. The lowest BCUT2D eigenvalue weighted by molar-refractivity contribution is 0.264. The number of aryl methyl sites for hydroxylation is 2. The highest BCUT2D eigenvalue weighted by molar-refractivity contribution is 5.32. The maximum absolute atomic E-state index is 13.5. The molecule has 1 rings (SSSR count). The Kier molecular flexibility index (Phi) is 5.09. The first-order valence-corrected chi connectivity index (χ1v) is 6.09. The van der Waals surface area contributed by atoms with E-state index in [1.807, 2.05) is 19.1 Å². The molecule has 0 aliphatic carbocycles. The molecule has 1 aromatic rings. The van der Waals surface area contributed by atoms with Gasteiger partial charge in [0.25, 0.3) is 0 Å². The van der Waals surface area contributed by atoms with E-state index in [0.717, 1.165) is 12.0 Å². The number of aliphatic hydroxyl groups excluding tert-OH is 1. The molecule has 2 unspecified atom stereocenters. The Morgan fingerprint density at radius 2 is 1.76 bits per heavy atom. The Morgan fingerprint density at radius 1 is 1.24 bits per heavy atom. The Morgan fingerprint density at radius 3 is 2.24 bits per heavy atom. The van der Waals surface area contributed by atoms with Crippen molar-refractivity contribution >= 4 is 0 Å². The number of benzene rings is 1. The molecule has 3 heteroatoms. The van der Waals surface area contributed by atoms with Gasteiger partial charge in [-0.1, -0.05) is 12.1 Å². The summed E-state index contributed by atoms with van der Waals surface area (Å²) >= 11 is 0. The van der Waals surface area contributed by atoms with E-state index in [-0.39, 0.29) is 24.5 Å². The smallest absolute Gasteiger partial charge is 0.129 e. The van der Waals surface area contributed by atoms with Gasteiger partial charge in [-0.15, -0.1) is 0 Å². The zero-order chi connectivity index (χ0) is 13.0. The zero-order valence-electron chi connectivity index (χ0n) is 11.0. The minimum absolute atomic E-state index is 0.121. The van der Waals surface area contributed by atoms with Crippen LogP contribution in [0.5, 0.6) is 0 Å². The van der Waals surface area contributed by atoms with Gasteiger partial charge in [-0.05, 0) is 50.8 Å². The quantitative estimate of drug-likeness (QED) is 0.828. The van der Waals surface area contributed by atoms with Gasteiger partial charge in [0.05, 0.1) is 0 Å². The number of halogens is 1. The first kappa shape index (κ1) is 14.1. The summed E-state index contributed by atoms with van der Waals surface area (Å²) in [6.07, 6.45) is 0.726. The van der Waals surface area contributed by atoms with Gasteiger partial charge in [0, 0.05) is 18.7 Å². The van der Waals surface area contributed by atoms with Crippen LogP contribution in [0, 0.1) is 19.7 Å². The maximum Gasteiger partial charge on any atom is 0.129 e. The molecule has 96 valence electrons. The van der Waals surface area contributed by atoms with Gasteiger partial charge in [0.15, 0.2) is 0 Å². The molecule has 0 aliphatic rings. The molecule has 0 radical (unpaired) electrons. The molecular weight excluding hydrogens is 217 g/mol. The van der Waals surface area contributed by atoms with E-state index in [1.165, 1.54) is 0 Å². The second kappa shape index (κ2) is 6.12. The van der Waals surface area contributed by atoms with Crippen molar-refractivity contribution in [1.82, 2.24) is 5.32 Å². The largest absolute Gasteiger partial charge is 0.396 e. The third-order valence-corrected chi connectivity index (χ3v) is 3.06. The van der Waals surface area contributed by atoms with Gasteiger partial charge < -0.3 is 10.4 Å². The van der Waals surface area contributed by atoms with Crippen molar-refractivity contribution in [2.75, 3.05) is 6.61 Å². The van der Waals surface area contributed by atoms with E-state index in [2.05, 4.69) is 12.2 Å². The normalized spacial score (nSPS) is 14.7. The molecule has 0 aromatic heterocycles. The lowest BCUT2D eigenvalue weighted by atomic mass is 10.0. The SMILES string of the molecule is Cc1cc(C(C)NC(C)CCO)cc(C)c1F. The number of hydrogen-bond donors (Lipinski definition) is 2. The molecule has 2 N–H and O–H groups in total. The van der Waals surface area contributed by atoms with Crippen LogP contribution in [0.3, 0.4) is 0 Å². The molecule has 0 saturated heterocycles. The molecule has 17 heavy (non-hydrogen) atoms. The summed E-state index contributed by atoms with van der Waals surface area (Å²) in [5.74, 6) is -0.121. The summed E-state index contributed by atoms with van der Waals surface area (Å²) in [5.41, 5.74) is 2.46. The first-order chi connectivity index (χ1) is 7.95. The van der Waals surface area contributed by atoms with Gasteiger partial charge in [-0.25, -0.2) is 4.39 Å². The molecule has 0 aliphatic heterocycles. The average Bonchev–Trinajstić information content (AvgIpc) is 2.25. The summed E-state index contributed by atoms with van der Waals surface area (Å²) in [4.78, 5) is 0. The number of nitrogens with one attached hydrogen (secondary N) is 1. The molecule has 1 aromatic carbocycles. The highest BCUT2D eigenvalue weighted by Crippen LogP contribution is 2.20. The molecule has 0 heterocycles. The summed E-state index contributed by atoms with van der Waals surface area (Å²) in [6, 6.07) is 4.17. The van der Waals surface area contributed by atoms with Gasteiger partial charge >= 0.3 is 0 Å². The number of rotatable bonds is 5. The van der Waals surface area contributed by atoms with E-state index in [1.54, 1.807) is 13.8 Å². The molecule has 0 saturated carbocycles. The highest BCUT2D eigenvalue weighted by atomic mass is 19.1. The predicted octanol–water partition coefficient (Wildman–Crippen LogP) is 2.86. The van der Waals surface area contributed by atoms with Crippen molar-refractivity contribution in [1.29, 1.82) is 0 Å². The lowest BCUT2D eigenvalue weighted by Crippen LogP contribution is -2.29. The summed E-state index contributed by atoms with van der Waals surface area (Å²) in [6.45, 7) is 7.85. The minimum atomic E-state index is -0.121. The fourth-order valence-corrected chi connectivity index (χ4v) is 2.03. The first-order valence-electron chi connectivity index (χ1n) is 6.09. The Hall–Kier alpha value is -0.930. The average molecular weight is 239 g/mol. The Bertz CT molecular complexity index is 355. The summed E-state index contributed by atoms with van der Waals surface area (Å²) in [5, 5.41) is 12.2. The summed E-state index contributed by atoms with van der Waals surface area (Å²) < 4.78 is 13.5. The van der Waals surface area contributed by atoms with E-state index < -0.39 is 0 Å². The van der Waals surface area contributed by atoms with Gasteiger partial charge in [0.2, 0.25) is 0 Å². The van der Waals surface area contributed by atoms with Crippen molar-refractivity contribution in [2.45, 2.75) is 46.2 Å². The van der Waals surface area contributed by atoms with Crippen LogP contribution in [0.2, 0.25) is 0 Å². The second-order valence-corrected chi connectivity index (χ2v) is 4.77. The molecule has 0 fully saturated rings. The molecule has 0 spiro atoms. The zero-order valence-corrected chi connectivity index (χ0v) is 11.0. The van der Waals surface area contributed by atoms with Crippen molar-refractivity contribution in [3.63, 3.8) is 0 Å². The topological polar surface area (TPSA) is 32.3 Å². The van der Waals surface area contributed by atoms with E-state index >= 15 is 0 Å². The lowest BCUT2D eigenvalue weighted by Gasteiger charge is -2.20. The molecular formula is C14H22FNO. The van der Waals surface area contributed by atoms with Crippen molar-refractivity contribution in [3.05, 3.63) is 34.6 Å². The Labute approximate surface area is 103 Å². The third kappa shape index (κ3) is 3.79. The minimum Gasteiger partial charge on any atom is -0.396 e. The van der Waals surface area contributed by atoms with Gasteiger partial charge in [-0.3, -0.25) is 0 Å². The van der Waals surface area contributed by atoms with Crippen LogP contribution in [0.15, 0.2) is 12.1 Å². The van der Waals surface area contributed by atoms with Crippen LogP contribution < -0.4 is 5.32 Å². The van der Waals surface area contributed by atoms with Crippen LogP contribution in [0.25, 0.3) is 0 Å². The Balaban J connectivity index is 2.79. The van der Waals surface area contributed by atoms with Crippen LogP contribution in [-0.2, 0) is 0 Å². The number of aliphatic hydroxyl groups is 1. The van der Waals surface area contributed by atoms with Crippen molar-refractivity contribution < 1.29 is 9.50 Å². The van der Waals surface area contributed by atoms with Crippen LogP contribution in [0.4, 0.5) is 4.39 Å². The van der Waals surface area contributed by atoms with Crippen molar-refractivity contribution in [3.8, 4) is 0 Å². The van der Waals surface area contributed by atoms with E-state index in [0.29, 0.717) is 11.1 Å². The van der Waals surface area contributed by atoms with Crippen LogP contribution >= 0.6 is 0 Å². The van der Waals surface area contributed by atoms with Crippen molar-refractivity contribution in [2.24, 2.45) is 0 Å².